The van der Waals surface area contributed by atoms with Crippen LogP contribution < -0.4 is 5.32 Å². The van der Waals surface area contributed by atoms with Crippen molar-refractivity contribution in [2.45, 2.75) is 13.5 Å². The molecule has 3 rings (SSSR count). The van der Waals surface area contributed by atoms with Crippen molar-refractivity contribution in [1.82, 2.24) is 10.3 Å². The number of nitro benzene ring substituents is 1. The number of aromatic nitrogens is 1. The molecule has 0 saturated heterocycles. The Morgan fingerprint density at radius 1 is 1.36 bits per heavy atom. The second kappa shape index (κ2) is 7.30. The number of nitrogens with zero attached hydrogens (tertiary/aromatic N) is 2. The summed E-state index contributed by atoms with van der Waals surface area (Å²) in [6.07, 6.45) is 0. The molecule has 128 valence electrons. The summed E-state index contributed by atoms with van der Waals surface area (Å²) < 4.78 is 0. The topological polar surface area (TPSA) is 85.1 Å². The highest BCUT2D eigenvalue weighted by Gasteiger charge is 2.16. The predicted molar refractivity (Wildman–Crippen MR) is 99.4 cm³/mol. The molecule has 0 radical (unpaired) electrons. The third-order valence-electron chi connectivity index (χ3n) is 3.36. The van der Waals surface area contributed by atoms with Gasteiger partial charge in [0.2, 0.25) is 0 Å². The fourth-order valence-electron chi connectivity index (χ4n) is 2.15. The first kappa shape index (κ1) is 17.5. The lowest BCUT2D eigenvalue weighted by atomic mass is 10.2. The Morgan fingerprint density at radius 3 is 2.84 bits per heavy atom. The number of amides is 1. The van der Waals surface area contributed by atoms with Gasteiger partial charge in [0, 0.05) is 22.4 Å². The van der Waals surface area contributed by atoms with Gasteiger partial charge < -0.3 is 5.32 Å². The fraction of sp³-hybridized carbons (Fsp3) is 0.125. The normalized spacial score (nSPS) is 10.6. The van der Waals surface area contributed by atoms with Gasteiger partial charge in [-0.15, -0.1) is 22.7 Å². The quantitative estimate of drug-likeness (QED) is 0.504. The highest BCUT2D eigenvalue weighted by Crippen LogP contribution is 2.29. The summed E-state index contributed by atoms with van der Waals surface area (Å²) in [6, 6.07) is 7.67. The number of carbonyl (C=O) groups excluding carboxylic acids is 1. The van der Waals surface area contributed by atoms with Gasteiger partial charge in [-0.2, -0.15) is 0 Å². The highest BCUT2D eigenvalue weighted by molar-refractivity contribution is 7.16. The van der Waals surface area contributed by atoms with Gasteiger partial charge in [-0.05, 0) is 25.1 Å². The van der Waals surface area contributed by atoms with Crippen molar-refractivity contribution < 1.29 is 9.72 Å². The molecule has 0 saturated carbocycles. The number of nitrogens with one attached hydrogen (secondary N) is 1. The molecule has 0 aliphatic carbocycles. The van der Waals surface area contributed by atoms with Gasteiger partial charge in [0.05, 0.1) is 37.6 Å². The molecule has 9 heteroatoms. The average molecular weight is 394 g/mol. The van der Waals surface area contributed by atoms with Crippen molar-refractivity contribution in [3.8, 4) is 10.6 Å². The molecule has 1 N–H and O–H groups in total. The monoisotopic (exact) mass is 393 g/mol. The number of aryl methyl sites for hydroxylation is 1. The molecule has 2 aromatic heterocycles. The van der Waals surface area contributed by atoms with E-state index in [1.807, 2.05) is 24.4 Å². The Labute approximate surface area is 156 Å². The van der Waals surface area contributed by atoms with Gasteiger partial charge in [0.15, 0.2) is 0 Å². The van der Waals surface area contributed by atoms with Crippen molar-refractivity contribution in [3.05, 3.63) is 66.3 Å². The van der Waals surface area contributed by atoms with Crippen LogP contribution in [-0.4, -0.2) is 15.8 Å². The SMILES string of the molecule is Cc1nc(-c2ccc(CNC(=O)c3cc([N+](=O)[O-])ccc3Cl)s2)cs1. The van der Waals surface area contributed by atoms with Crippen LogP contribution in [0.25, 0.3) is 10.6 Å². The van der Waals surface area contributed by atoms with Crippen molar-refractivity contribution in [1.29, 1.82) is 0 Å². The maximum atomic E-state index is 12.3. The Kier molecular flexibility index (Phi) is 5.12. The molecule has 6 nitrogen and oxygen atoms in total. The van der Waals surface area contributed by atoms with Gasteiger partial charge in [-0.1, -0.05) is 11.6 Å². The standard InChI is InChI=1S/C16H12ClN3O3S2/c1-9-19-14(8-24-9)15-5-3-11(25-15)7-18-16(21)12-6-10(20(22)23)2-4-13(12)17/h2-6,8H,7H2,1H3,(H,18,21). The number of benzene rings is 1. The van der Waals surface area contributed by atoms with Crippen LogP contribution in [0.5, 0.6) is 0 Å². The lowest BCUT2D eigenvalue weighted by Gasteiger charge is -2.05. The van der Waals surface area contributed by atoms with Crippen LogP contribution in [-0.2, 0) is 6.54 Å². The molecule has 2 heterocycles. The number of non-ortho nitro benzene ring substituents is 1. The van der Waals surface area contributed by atoms with E-state index in [1.165, 1.54) is 29.5 Å². The third-order valence-corrected chi connectivity index (χ3v) is 5.57. The minimum atomic E-state index is -0.561. The lowest BCUT2D eigenvalue weighted by Crippen LogP contribution is -2.22. The van der Waals surface area contributed by atoms with Crippen molar-refractivity contribution in [2.75, 3.05) is 0 Å². The molecule has 25 heavy (non-hydrogen) atoms. The van der Waals surface area contributed by atoms with Gasteiger partial charge in [0.25, 0.3) is 11.6 Å². The molecule has 3 aromatic rings. The average Bonchev–Trinajstić information content (AvgIpc) is 3.21. The zero-order valence-corrected chi connectivity index (χ0v) is 15.4. The van der Waals surface area contributed by atoms with Crippen LogP contribution >= 0.6 is 34.3 Å². The van der Waals surface area contributed by atoms with E-state index in [0.717, 1.165) is 20.5 Å². The third kappa shape index (κ3) is 4.04. The first-order valence-corrected chi connectivity index (χ1v) is 9.25. The smallest absolute Gasteiger partial charge is 0.270 e. The Bertz CT molecular complexity index is 952. The molecule has 0 fully saturated rings. The largest absolute Gasteiger partial charge is 0.347 e. The van der Waals surface area contributed by atoms with E-state index in [1.54, 1.807) is 11.3 Å². The van der Waals surface area contributed by atoms with E-state index >= 15 is 0 Å². The minimum Gasteiger partial charge on any atom is -0.347 e. The van der Waals surface area contributed by atoms with Crippen LogP contribution in [0, 0.1) is 17.0 Å². The van der Waals surface area contributed by atoms with E-state index in [-0.39, 0.29) is 16.3 Å². The number of thiazole rings is 1. The maximum absolute atomic E-state index is 12.3. The molecule has 0 spiro atoms. The minimum absolute atomic E-state index is 0.0859. The summed E-state index contributed by atoms with van der Waals surface area (Å²) in [5.74, 6) is -0.451. The van der Waals surface area contributed by atoms with E-state index < -0.39 is 10.8 Å². The Balaban J connectivity index is 1.70. The summed E-state index contributed by atoms with van der Waals surface area (Å²) in [4.78, 5) is 29.0. The van der Waals surface area contributed by atoms with E-state index in [9.17, 15) is 14.9 Å². The summed E-state index contributed by atoms with van der Waals surface area (Å²) in [6.45, 7) is 2.26. The Hall–Kier alpha value is -2.29. The van der Waals surface area contributed by atoms with Crippen LogP contribution in [0.4, 0.5) is 5.69 Å². The van der Waals surface area contributed by atoms with E-state index in [4.69, 9.17) is 11.6 Å². The maximum Gasteiger partial charge on any atom is 0.270 e. The van der Waals surface area contributed by atoms with E-state index in [0.29, 0.717) is 6.54 Å². The van der Waals surface area contributed by atoms with Gasteiger partial charge in [-0.3, -0.25) is 14.9 Å². The molecule has 0 atom stereocenters. The molecular formula is C16H12ClN3O3S2. The molecular weight excluding hydrogens is 382 g/mol. The summed E-state index contributed by atoms with van der Waals surface area (Å²) in [5, 5.41) is 16.7. The number of carbonyl (C=O) groups is 1. The molecule has 0 unspecified atom stereocenters. The number of nitro groups is 1. The number of halogens is 1. The molecule has 0 aliphatic heterocycles. The summed E-state index contributed by atoms with van der Waals surface area (Å²) in [5.41, 5.74) is 0.835. The number of hydrogen-bond acceptors (Lipinski definition) is 6. The molecule has 0 bridgehead atoms. The number of rotatable bonds is 5. The summed E-state index contributed by atoms with van der Waals surface area (Å²) in [7, 11) is 0. The van der Waals surface area contributed by atoms with Gasteiger partial charge >= 0.3 is 0 Å². The van der Waals surface area contributed by atoms with Crippen molar-refractivity contribution in [2.24, 2.45) is 0 Å². The van der Waals surface area contributed by atoms with Crippen LogP contribution in [0.2, 0.25) is 5.02 Å². The zero-order chi connectivity index (χ0) is 18.0. The molecule has 1 amide bonds. The van der Waals surface area contributed by atoms with Crippen LogP contribution in [0.1, 0.15) is 20.2 Å². The first-order valence-electron chi connectivity index (χ1n) is 7.17. The second-order valence-corrected chi connectivity index (χ2v) is 7.76. The number of hydrogen-bond donors (Lipinski definition) is 1. The van der Waals surface area contributed by atoms with Crippen molar-refractivity contribution in [3.63, 3.8) is 0 Å². The van der Waals surface area contributed by atoms with Gasteiger partial charge in [-0.25, -0.2) is 4.98 Å². The zero-order valence-electron chi connectivity index (χ0n) is 13.0. The lowest BCUT2D eigenvalue weighted by molar-refractivity contribution is -0.384. The highest BCUT2D eigenvalue weighted by atomic mass is 35.5. The van der Waals surface area contributed by atoms with Crippen molar-refractivity contribution >= 4 is 45.9 Å². The molecule has 0 aliphatic rings. The van der Waals surface area contributed by atoms with E-state index in [2.05, 4.69) is 10.3 Å². The Morgan fingerprint density at radius 2 is 2.16 bits per heavy atom. The predicted octanol–water partition coefficient (Wildman–Crippen LogP) is 4.67. The first-order chi connectivity index (χ1) is 11.9. The van der Waals surface area contributed by atoms with Crippen LogP contribution in [0.3, 0.4) is 0 Å². The second-order valence-electron chi connectivity index (χ2n) is 5.12. The molecule has 1 aromatic carbocycles. The number of thiophene rings is 1. The van der Waals surface area contributed by atoms with Crippen LogP contribution in [0.15, 0.2) is 35.7 Å². The summed E-state index contributed by atoms with van der Waals surface area (Å²) >= 11 is 9.10. The fourth-order valence-corrected chi connectivity index (χ4v) is 3.95. The van der Waals surface area contributed by atoms with Gasteiger partial charge in [0.1, 0.15) is 0 Å².